The van der Waals surface area contributed by atoms with Crippen molar-refractivity contribution < 1.29 is 9.59 Å². The van der Waals surface area contributed by atoms with Crippen molar-refractivity contribution in [1.82, 2.24) is 4.98 Å². The van der Waals surface area contributed by atoms with Crippen LogP contribution in [-0.2, 0) is 11.2 Å². The Kier molecular flexibility index (Phi) is 4.22. The molecule has 0 radical (unpaired) electrons. The maximum absolute atomic E-state index is 12.8. The number of amides is 2. The van der Waals surface area contributed by atoms with Crippen molar-refractivity contribution in [3.63, 3.8) is 0 Å². The fraction of sp³-hybridized carbons (Fsp3) is 0.350. The molecule has 1 fully saturated rings. The molecule has 1 aliphatic heterocycles. The van der Waals surface area contributed by atoms with Gasteiger partial charge in [-0.3, -0.25) is 14.6 Å². The number of carbonyl (C=O) groups is 2. The number of hydrogen-bond donors (Lipinski definition) is 1. The van der Waals surface area contributed by atoms with Crippen LogP contribution in [0.4, 0.5) is 11.4 Å². The van der Waals surface area contributed by atoms with E-state index >= 15 is 0 Å². The molecule has 0 unspecified atom stereocenters. The number of hydrogen-bond acceptors (Lipinski definition) is 3. The zero-order chi connectivity index (χ0) is 17.2. The predicted octanol–water partition coefficient (Wildman–Crippen LogP) is 3.41. The van der Waals surface area contributed by atoms with Gasteiger partial charge in [-0.15, -0.1) is 0 Å². The largest absolute Gasteiger partial charge is 0.326 e. The number of pyridine rings is 1. The Morgan fingerprint density at radius 2 is 1.84 bits per heavy atom. The zero-order valence-electron chi connectivity index (χ0n) is 14.1. The first-order chi connectivity index (χ1) is 12.2. The Morgan fingerprint density at radius 3 is 2.60 bits per heavy atom. The molecule has 1 saturated carbocycles. The summed E-state index contributed by atoms with van der Waals surface area (Å²) in [5.74, 6) is 0.200. The van der Waals surface area contributed by atoms with E-state index in [1.54, 1.807) is 29.4 Å². The topological polar surface area (TPSA) is 62.3 Å². The summed E-state index contributed by atoms with van der Waals surface area (Å²) in [5, 5.41) is 3.03. The van der Waals surface area contributed by atoms with E-state index in [9.17, 15) is 9.59 Å². The van der Waals surface area contributed by atoms with E-state index in [4.69, 9.17) is 0 Å². The van der Waals surface area contributed by atoms with E-state index in [1.807, 2.05) is 18.2 Å². The third-order valence-corrected chi connectivity index (χ3v) is 5.15. The van der Waals surface area contributed by atoms with Gasteiger partial charge in [0.25, 0.3) is 5.91 Å². The second-order valence-electron chi connectivity index (χ2n) is 6.76. The molecule has 128 valence electrons. The number of benzene rings is 1. The number of anilines is 2. The van der Waals surface area contributed by atoms with Crippen molar-refractivity contribution in [3.05, 3.63) is 53.9 Å². The predicted molar refractivity (Wildman–Crippen MR) is 96.6 cm³/mol. The van der Waals surface area contributed by atoms with Crippen molar-refractivity contribution in [2.75, 3.05) is 16.8 Å². The Bertz CT molecular complexity index is 798. The molecule has 2 aliphatic rings. The van der Waals surface area contributed by atoms with Crippen LogP contribution in [0.5, 0.6) is 0 Å². The molecule has 1 aromatic heterocycles. The molecule has 25 heavy (non-hydrogen) atoms. The van der Waals surface area contributed by atoms with E-state index in [-0.39, 0.29) is 17.7 Å². The Hall–Kier alpha value is -2.69. The lowest BCUT2D eigenvalue weighted by molar-refractivity contribution is -0.119. The summed E-state index contributed by atoms with van der Waals surface area (Å²) in [6.45, 7) is 0.663. The van der Waals surface area contributed by atoms with Gasteiger partial charge in [0.15, 0.2) is 0 Å². The molecule has 5 nitrogen and oxygen atoms in total. The van der Waals surface area contributed by atoms with Crippen LogP contribution in [-0.4, -0.2) is 23.3 Å². The highest BCUT2D eigenvalue weighted by atomic mass is 16.2. The molecule has 1 N–H and O–H groups in total. The molecule has 0 atom stereocenters. The molecule has 5 heteroatoms. The first kappa shape index (κ1) is 15.8. The summed E-state index contributed by atoms with van der Waals surface area (Å²) in [7, 11) is 0. The number of rotatable bonds is 3. The SMILES string of the molecule is O=C(Nc1ccc2c(c1)N(C(=O)c1ccncc1)CC2)C1CCCC1. The molecule has 2 amide bonds. The fourth-order valence-electron chi connectivity index (χ4n) is 3.75. The van der Waals surface area contributed by atoms with Crippen LogP contribution in [0, 0.1) is 5.92 Å². The third-order valence-electron chi connectivity index (χ3n) is 5.15. The Balaban J connectivity index is 1.55. The highest BCUT2D eigenvalue weighted by Gasteiger charge is 2.27. The summed E-state index contributed by atoms with van der Waals surface area (Å²) in [4.78, 5) is 30.9. The molecular formula is C20H21N3O2. The maximum atomic E-state index is 12.8. The van der Waals surface area contributed by atoms with Crippen molar-refractivity contribution in [3.8, 4) is 0 Å². The highest BCUT2D eigenvalue weighted by molar-refractivity contribution is 6.07. The van der Waals surface area contributed by atoms with Gasteiger partial charge in [-0.2, -0.15) is 0 Å². The Labute approximate surface area is 147 Å². The first-order valence-corrected chi connectivity index (χ1v) is 8.88. The molecular weight excluding hydrogens is 314 g/mol. The van der Waals surface area contributed by atoms with Gasteiger partial charge in [-0.1, -0.05) is 18.9 Å². The normalized spacial score (nSPS) is 16.7. The first-order valence-electron chi connectivity index (χ1n) is 8.88. The lowest BCUT2D eigenvalue weighted by atomic mass is 10.1. The molecule has 1 aliphatic carbocycles. The average Bonchev–Trinajstić information content (AvgIpc) is 3.31. The number of nitrogens with one attached hydrogen (secondary N) is 1. The summed E-state index contributed by atoms with van der Waals surface area (Å²) in [5.41, 5.74) is 3.43. The van der Waals surface area contributed by atoms with Gasteiger partial charge in [-0.25, -0.2) is 0 Å². The van der Waals surface area contributed by atoms with Crippen LogP contribution in [0.2, 0.25) is 0 Å². The molecule has 1 aromatic carbocycles. The van der Waals surface area contributed by atoms with Gasteiger partial charge in [0.05, 0.1) is 0 Å². The quantitative estimate of drug-likeness (QED) is 0.935. The van der Waals surface area contributed by atoms with Crippen LogP contribution in [0.1, 0.15) is 41.6 Å². The smallest absolute Gasteiger partial charge is 0.258 e. The van der Waals surface area contributed by atoms with Gasteiger partial charge in [0.2, 0.25) is 5.91 Å². The molecule has 2 heterocycles. The van der Waals surface area contributed by atoms with E-state index < -0.39 is 0 Å². The summed E-state index contributed by atoms with van der Waals surface area (Å²) >= 11 is 0. The molecule has 2 aromatic rings. The van der Waals surface area contributed by atoms with E-state index in [0.29, 0.717) is 12.1 Å². The Morgan fingerprint density at radius 1 is 1.08 bits per heavy atom. The van der Waals surface area contributed by atoms with Gasteiger partial charge in [0.1, 0.15) is 0 Å². The van der Waals surface area contributed by atoms with E-state index in [1.165, 1.54) is 0 Å². The standard InChI is InChI=1S/C20H21N3O2/c24-19(15-3-1-2-4-15)22-17-6-5-14-9-12-23(18(14)13-17)20(25)16-7-10-21-11-8-16/h5-8,10-11,13,15H,1-4,9,12H2,(H,22,24). The van der Waals surface area contributed by atoms with Gasteiger partial charge in [-0.05, 0) is 49.1 Å². The lowest BCUT2D eigenvalue weighted by Crippen LogP contribution is -2.29. The molecule has 4 rings (SSSR count). The minimum atomic E-state index is -0.0274. The number of fused-ring (bicyclic) bond motifs is 1. The van der Waals surface area contributed by atoms with Crippen LogP contribution in [0.15, 0.2) is 42.7 Å². The number of carbonyl (C=O) groups excluding carboxylic acids is 2. The van der Waals surface area contributed by atoms with E-state index in [2.05, 4.69) is 10.3 Å². The van der Waals surface area contributed by atoms with Crippen molar-refractivity contribution in [2.45, 2.75) is 32.1 Å². The number of nitrogens with zero attached hydrogens (tertiary/aromatic N) is 2. The summed E-state index contributed by atoms with van der Waals surface area (Å²) in [6, 6.07) is 9.33. The second-order valence-corrected chi connectivity index (χ2v) is 6.76. The van der Waals surface area contributed by atoms with Gasteiger partial charge >= 0.3 is 0 Å². The minimum Gasteiger partial charge on any atom is -0.326 e. The lowest BCUT2D eigenvalue weighted by Gasteiger charge is -2.18. The zero-order valence-corrected chi connectivity index (χ0v) is 14.1. The van der Waals surface area contributed by atoms with E-state index in [0.717, 1.165) is 49.0 Å². The molecule has 0 bridgehead atoms. The maximum Gasteiger partial charge on any atom is 0.258 e. The van der Waals surface area contributed by atoms with Crippen LogP contribution in [0.25, 0.3) is 0 Å². The van der Waals surface area contributed by atoms with Crippen molar-refractivity contribution in [1.29, 1.82) is 0 Å². The van der Waals surface area contributed by atoms with Gasteiger partial charge < -0.3 is 10.2 Å². The third kappa shape index (κ3) is 3.14. The summed E-state index contributed by atoms with van der Waals surface area (Å²) < 4.78 is 0. The van der Waals surface area contributed by atoms with Crippen LogP contribution in [0.3, 0.4) is 0 Å². The van der Waals surface area contributed by atoms with Crippen molar-refractivity contribution in [2.24, 2.45) is 5.92 Å². The van der Waals surface area contributed by atoms with Gasteiger partial charge in [0, 0.05) is 41.8 Å². The average molecular weight is 335 g/mol. The van der Waals surface area contributed by atoms with Crippen molar-refractivity contribution >= 4 is 23.2 Å². The molecule has 0 saturated heterocycles. The monoisotopic (exact) mass is 335 g/mol. The summed E-state index contributed by atoms with van der Waals surface area (Å²) in [6.07, 6.45) is 8.31. The van der Waals surface area contributed by atoms with Crippen LogP contribution >= 0.6 is 0 Å². The number of aromatic nitrogens is 1. The second kappa shape index (κ2) is 6.67. The fourth-order valence-corrected chi connectivity index (χ4v) is 3.75. The molecule has 0 spiro atoms. The highest BCUT2D eigenvalue weighted by Crippen LogP contribution is 2.33. The minimum absolute atomic E-state index is 0.0274. The van der Waals surface area contributed by atoms with Crippen LogP contribution < -0.4 is 10.2 Å².